The van der Waals surface area contributed by atoms with E-state index >= 15 is 0 Å². The van der Waals surface area contributed by atoms with Gasteiger partial charge in [-0.25, -0.2) is 4.98 Å². The second-order valence-corrected chi connectivity index (χ2v) is 8.49. The van der Waals surface area contributed by atoms with Crippen LogP contribution in [0.25, 0.3) is 22.2 Å². The topological polar surface area (TPSA) is 57.8 Å². The summed E-state index contributed by atoms with van der Waals surface area (Å²) in [5.41, 5.74) is 7.28. The van der Waals surface area contributed by atoms with Gasteiger partial charge < -0.3 is 10.3 Å². The molecule has 1 aliphatic carbocycles. The number of nitrogens with one attached hydrogen (secondary N) is 2. The lowest BCUT2D eigenvalue weighted by Crippen LogP contribution is -2.12. The Hall–Kier alpha value is -2.92. The molecule has 2 heterocycles. The summed E-state index contributed by atoms with van der Waals surface area (Å²) < 4.78 is 0. The van der Waals surface area contributed by atoms with Gasteiger partial charge in [-0.2, -0.15) is 0 Å². The molecule has 0 saturated heterocycles. The Morgan fingerprint density at radius 3 is 2.90 bits per heavy atom. The Bertz CT molecular complexity index is 1170. The number of carbonyl (C=O) groups excluding carboxylic acids is 1. The number of amides is 1. The molecule has 5 heteroatoms. The molecule has 2 aromatic heterocycles. The van der Waals surface area contributed by atoms with Crippen LogP contribution in [-0.4, -0.2) is 15.9 Å². The van der Waals surface area contributed by atoms with Crippen molar-refractivity contribution in [3.63, 3.8) is 0 Å². The highest BCUT2D eigenvalue weighted by atomic mass is 32.1. The Labute approximate surface area is 174 Å². The quantitative estimate of drug-likeness (QED) is 0.448. The third-order valence-corrected chi connectivity index (χ3v) is 6.45. The molecule has 0 bridgehead atoms. The fourth-order valence-electron chi connectivity index (χ4n) is 4.12. The minimum Gasteiger partial charge on any atom is -0.361 e. The zero-order valence-electron chi connectivity index (χ0n) is 16.2. The summed E-state index contributed by atoms with van der Waals surface area (Å²) >= 11 is 1.49. The molecule has 1 aliphatic rings. The number of hydrogen-bond acceptors (Lipinski definition) is 3. The molecule has 0 atom stereocenters. The number of aromatic nitrogens is 2. The highest BCUT2D eigenvalue weighted by Crippen LogP contribution is 2.29. The summed E-state index contributed by atoms with van der Waals surface area (Å²) in [5, 5.41) is 6.84. The van der Waals surface area contributed by atoms with E-state index in [0.29, 0.717) is 18.0 Å². The van der Waals surface area contributed by atoms with Gasteiger partial charge in [0.25, 0.3) is 0 Å². The van der Waals surface area contributed by atoms with Crippen LogP contribution in [0.4, 0.5) is 5.13 Å². The fourth-order valence-corrected chi connectivity index (χ4v) is 4.86. The molecular formula is C24H23N3OS. The molecule has 0 fully saturated rings. The van der Waals surface area contributed by atoms with Crippen molar-refractivity contribution in [3.05, 3.63) is 70.7 Å². The molecule has 0 unspecified atom stereocenters. The van der Waals surface area contributed by atoms with E-state index in [9.17, 15) is 4.79 Å². The van der Waals surface area contributed by atoms with Gasteiger partial charge in [0.2, 0.25) is 5.91 Å². The Balaban J connectivity index is 1.23. The number of aryl methyl sites for hydroxylation is 3. The standard InChI is InChI=1S/C24H23N3OS/c28-23(12-11-19-14-25-21-8-4-3-7-20(19)21)27-24-26-22(15-29-24)18-10-9-16-5-1-2-6-17(16)13-18/h3-4,7-10,13-15,25H,1-2,5-6,11-12H2,(H,26,27,28). The van der Waals surface area contributed by atoms with Crippen LogP contribution in [0, 0.1) is 0 Å². The number of anilines is 1. The third-order valence-electron chi connectivity index (χ3n) is 5.69. The number of H-pyrrole nitrogens is 1. The molecule has 5 rings (SSSR count). The highest BCUT2D eigenvalue weighted by Gasteiger charge is 2.13. The number of carbonyl (C=O) groups is 1. The second-order valence-electron chi connectivity index (χ2n) is 7.64. The number of thiazole rings is 1. The first kappa shape index (κ1) is 18.1. The van der Waals surface area contributed by atoms with Crippen LogP contribution in [0.15, 0.2) is 54.0 Å². The van der Waals surface area contributed by atoms with Gasteiger partial charge in [0.15, 0.2) is 5.13 Å². The average Bonchev–Trinajstić information content (AvgIpc) is 3.39. The summed E-state index contributed by atoms with van der Waals surface area (Å²) in [4.78, 5) is 20.3. The maximum absolute atomic E-state index is 12.4. The van der Waals surface area contributed by atoms with E-state index in [1.54, 1.807) is 0 Å². The van der Waals surface area contributed by atoms with Gasteiger partial charge in [0, 0.05) is 34.5 Å². The number of para-hydroxylation sites is 1. The van der Waals surface area contributed by atoms with E-state index in [1.807, 2.05) is 23.7 Å². The molecule has 4 nitrogen and oxygen atoms in total. The molecule has 2 N–H and O–H groups in total. The molecule has 29 heavy (non-hydrogen) atoms. The predicted octanol–water partition coefficient (Wildman–Crippen LogP) is 5.74. The number of aromatic amines is 1. The summed E-state index contributed by atoms with van der Waals surface area (Å²) in [6.07, 6.45) is 8.04. The van der Waals surface area contributed by atoms with E-state index < -0.39 is 0 Å². The van der Waals surface area contributed by atoms with Crippen LogP contribution in [-0.2, 0) is 24.1 Å². The van der Waals surface area contributed by atoms with Crippen molar-refractivity contribution in [2.24, 2.45) is 0 Å². The predicted molar refractivity (Wildman–Crippen MR) is 119 cm³/mol. The van der Waals surface area contributed by atoms with Crippen LogP contribution >= 0.6 is 11.3 Å². The van der Waals surface area contributed by atoms with Gasteiger partial charge in [0.05, 0.1) is 5.69 Å². The first-order chi connectivity index (χ1) is 14.3. The van der Waals surface area contributed by atoms with Crippen molar-refractivity contribution in [1.29, 1.82) is 0 Å². The number of rotatable bonds is 5. The first-order valence-electron chi connectivity index (χ1n) is 10.2. The SMILES string of the molecule is O=C(CCc1c[nH]c2ccccc12)Nc1nc(-c2ccc3c(c2)CCCC3)cs1. The van der Waals surface area contributed by atoms with Crippen molar-refractivity contribution < 1.29 is 4.79 Å². The summed E-state index contributed by atoms with van der Waals surface area (Å²) in [6.45, 7) is 0. The van der Waals surface area contributed by atoms with E-state index in [2.05, 4.69) is 45.6 Å². The number of fused-ring (bicyclic) bond motifs is 2. The van der Waals surface area contributed by atoms with Crippen molar-refractivity contribution in [3.8, 4) is 11.3 Å². The highest BCUT2D eigenvalue weighted by molar-refractivity contribution is 7.14. The van der Waals surface area contributed by atoms with Gasteiger partial charge >= 0.3 is 0 Å². The van der Waals surface area contributed by atoms with Gasteiger partial charge in [-0.15, -0.1) is 11.3 Å². The summed E-state index contributed by atoms with van der Waals surface area (Å²) in [7, 11) is 0. The lowest BCUT2D eigenvalue weighted by molar-refractivity contribution is -0.116. The van der Waals surface area contributed by atoms with E-state index in [4.69, 9.17) is 0 Å². The van der Waals surface area contributed by atoms with E-state index in [1.165, 1.54) is 52.7 Å². The maximum Gasteiger partial charge on any atom is 0.226 e. The number of benzene rings is 2. The van der Waals surface area contributed by atoms with Crippen molar-refractivity contribution in [1.82, 2.24) is 9.97 Å². The molecule has 1 amide bonds. The molecule has 2 aromatic carbocycles. The smallest absolute Gasteiger partial charge is 0.226 e. The molecule has 4 aromatic rings. The summed E-state index contributed by atoms with van der Waals surface area (Å²) in [6, 6.07) is 14.8. The zero-order chi connectivity index (χ0) is 19.6. The van der Waals surface area contributed by atoms with Gasteiger partial charge in [-0.3, -0.25) is 4.79 Å². The molecule has 0 aliphatic heterocycles. The largest absolute Gasteiger partial charge is 0.361 e. The lowest BCUT2D eigenvalue weighted by atomic mass is 9.90. The van der Waals surface area contributed by atoms with Crippen molar-refractivity contribution in [2.45, 2.75) is 38.5 Å². The second kappa shape index (κ2) is 7.84. The molecule has 146 valence electrons. The van der Waals surface area contributed by atoms with Gasteiger partial charge in [-0.1, -0.05) is 30.3 Å². The minimum absolute atomic E-state index is 0.00150. The zero-order valence-corrected chi connectivity index (χ0v) is 17.0. The van der Waals surface area contributed by atoms with Gasteiger partial charge in [-0.05, 0) is 60.9 Å². The molecular weight excluding hydrogens is 378 g/mol. The maximum atomic E-state index is 12.4. The van der Waals surface area contributed by atoms with Crippen LogP contribution < -0.4 is 5.32 Å². The molecule has 0 saturated carbocycles. The lowest BCUT2D eigenvalue weighted by Gasteiger charge is -2.16. The van der Waals surface area contributed by atoms with Crippen molar-refractivity contribution in [2.75, 3.05) is 5.32 Å². The Morgan fingerprint density at radius 2 is 1.97 bits per heavy atom. The van der Waals surface area contributed by atoms with Gasteiger partial charge in [0.1, 0.15) is 0 Å². The minimum atomic E-state index is 0.00150. The van der Waals surface area contributed by atoms with Crippen LogP contribution in [0.2, 0.25) is 0 Å². The van der Waals surface area contributed by atoms with Crippen LogP contribution in [0.1, 0.15) is 36.0 Å². The Morgan fingerprint density at radius 1 is 1.10 bits per heavy atom. The first-order valence-corrected chi connectivity index (χ1v) is 11.1. The van der Waals surface area contributed by atoms with Crippen molar-refractivity contribution >= 4 is 33.3 Å². The Kier molecular flexibility index (Phi) is 4.90. The fraction of sp³-hybridized carbons (Fsp3) is 0.250. The normalized spacial score (nSPS) is 13.4. The van der Waals surface area contributed by atoms with E-state index in [-0.39, 0.29) is 5.91 Å². The number of nitrogens with zero attached hydrogens (tertiary/aromatic N) is 1. The molecule has 0 spiro atoms. The van der Waals surface area contributed by atoms with Crippen LogP contribution in [0.5, 0.6) is 0 Å². The average molecular weight is 402 g/mol. The third kappa shape index (κ3) is 3.83. The summed E-state index contributed by atoms with van der Waals surface area (Å²) in [5.74, 6) is 0.00150. The monoisotopic (exact) mass is 401 g/mol. The molecule has 0 radical (unpaired) electrons. The number of hydrogen-bond donors (Lipinski definition) is 2. The van der Waals surface area contributed by atoms with Crippen LogP contribution in [0.3, 0.4) is 0 Å². The van der Waals surface area contributed by atoms with E-state index in [0.717, 1.165) is 23.2 Å².